The molecule has 0 radical (unpaired) electrons. The number of methoxy groups -OCH3 is 1. The lowest BCUT2D eigenvalue weighted by molar-refractivity contribution is -0.117. The van der Waals surface area contributed by atoms with Crippen LogP contribution in [0.5, 0.6) is 5.75 Å². The van der Waals surface area contributed by atoms with E-state index in [1.807, 2.05) is 37.4 Å². The monoisotopic (exact) mass is 375 g/mol. The molecule has 2 N–H and O–H groups in total. The normalized spacial score (nSPS) is 13.6. The number of fused-ring (bicyclic) bond motifs is 1. The highest BCUT2D eigenvalue weighted by Gasteiger charge is 2.29. The minimum absolute atomic E-state index is 0.0364. The van der Waals surface area contributed by atoms with Gasteiger partial charge in [-0.3, -0.25) is 9.78 Å². The molecule has 1 saturated carbocycles. The van der Waals surface area contributed by atoms with Crippen molar-refractivity contribution < 1.29 is 9.53 Å². The van der Waals surface area contributed by atoms with Crippen molar-refractivity contribution in [3.8, 4) is 5.75 Å². The lowest BCUT2D eigenvalue weighted by atomic mass is 10.1. The second-order valence-corrected chi connectivity index (χ2v) is 6.65. The quantitative estimate of drug-likeness (QED) is 0.684. The fourth-order valence-electron chi connectivity index (χ4n) is 2.92. The third-order valence-electron chi connectivity index (χ3n) is 4.67. The first kappa shape index (κ1) is 17.9. The molecule has 1 aliphatic rings. The van der Waals surface area contributed by atoms with Crippen molar-refractivity contribution >= 4 is 40.5 Å². The standard InChI is InChI=1S/C21H21N5O2/c1-22-20-18-12-24-19(26-21(27)13-3-4-13)9-17(18)14(10-25-20)5-6-15-7-8-16(28-2)11-23-15/h5-13H,3-4H2,1-2H3,(H,22,25)(H,24,26,27)/b6-5+. The first-order valence-electron chi connectivity index (χ1n) is 9.13. The maximum atomic E-state index is 12.1. The first-order chi connectivity index (χ1) is 13.7. The van der Waals surface area contributed by atoms with Crippen LogP contribution < -0.4 is 15.4 Å². The highest BCUT2D eigenvalue weighted by molar-refractivity contribution is 6.01. The van der Waals surface area contributed by atoms with E-state index in [9.17, 15) is 4.79 Å². The largest absolute Gasteiger partial charge is 0.495 e. The van der Waals surface area contributed by atoms with Crippen LogP contribution in [0.3, 0.4) is 0 Å². The van der Waals surface area contributed by atoms with Gasteiger partial charge in [0.05, 0.1) is 19.0 Å². The Morgan fingerprint density at radius 1 is 1.11 bits per heavy atom. The van der Waals surface area contributed by atoms with Gasteiger partial charge in [0.15, 0.2) is 0 Å². The van der Waals surface area contributed by atoms with Crippen molar-refractivity contribution in [1.29, 1.82) is 0 Å². The SMILES string of the molecule is CNc1ncc(/C=C/c2ccc(OC)cn2)c2cc(NC(=O)C3CC3)ncc12. The Morgan fingerprint density at radius 3 is 2.64 bits per heavy atom. The van der Waals surface area contributed by atoms with Gasteiger partial charge in [-0.2, -0.15) is 0 Å². The molecule has 0 saturated heterocycles. The van der Waals surface area contributed by atoms with E-state index >= 15 is 0 Å². The van der Waals surface area contributed by atoms with Crippen LogP contribution in [0.1, 0.15) is 24.1 Å². The summed E-state index contributed by atoms with van der Waals surface area (Å²) >= 11 is 0. The number of hydrogen-bond acceptors (Lipinski definition) is 6. The lowest BCUT2D eigenvalue weighted by Gasteiger charge is -2.10. The zero-order valence-electron chi connectivity index (χ0n) is 15.8. The van der Waals surface area contributed by atoms with Crippen LogP contribution in [-0.4, -0.2) is 35.0 Å². The number of rotatable bonds is 6. The summed E-state index contributed by atoms with van der Waals surface area (Å²) in [5.74, 6) is 2.17. The number of amides is 1. The molecule has 3 aromatic rings. The van der Waals surface area contributed by atoms with E-state index in [2.05, 4.69) is 25.6 Å². The lowest BCUT2D eigenvalue weighted by Crippen LogP contribution is -2.14. The molecule has 1 amide bonds. The Labute approximate surface area is 162 Å². The number of carbonyl (C=O) groups is 1. The molecule has 3 aromatic heterocycles. The van der Waals surface area contributed by atoms with Gasteiger partial charge in [-0.15, -0.1) is 0 Å². The fourth-order valence-corrected chi connectivity index (χ4v) is 2.92. The average Bonchev–Trinajstić information content (AvgIpc) is 3.58. The minimum Gasteiger partial charge on any atom is -0.495 e. The van der Waals surface area contributed by atoms with Gasteiger partial charge in [0, 0.05) is 36.3 Å². The second kappa shape index (κ2) is 7.64. The molecule has 0 atom stereocenters. The number of hydrogen-bond donors (Lipinski definition) is 2. The summed E-state index contributed by atoms with van der Waals surface area (Å²) in [4.78, 5) is 25.3. The summed E-state index contributed by atoms with van der Waals surface area (Å²) < 4.78 is 5.14. The summed E-state index contributed by atoms with van der Waals surface area (Å²) in [6, 6.07) is 5.64. The van der Waals surface area contributed by atoms with Gasteiger partial charge in [0.2, 0.25) is 5.91 Å². The molecule has 1 aliphatic carbocycles. The topological polar surface area (TPSA) is 89.0 Å². The van der Waals surface area contributed by atoms with Gasteiger partial charge in [0.1, 0.15) is 17.4 Å². The molecule has 0 unspecified atom stereocenters. The summed E-state index contributed by atoms with van der Waals surface area (Å²) in [6.07, 6.45) is 11.0. The number of carbonyl (C=O) groups excluding carboxylic acids is 1. The number of anilines is 2. The van der Waals surface area contributed by atoms with E-state index in [4.69, 9.17) is 4.74 Å². The molecule has 1 fully saturated rings. The number of pyridine rings is 3. The van der Waals surface area contributed by atoms with Crippen molar-refractivity contribution in [2.24, 2.45) is 5.92 Å². The molecule has 7 nitrogen and oxygen atoms in total. The van der Waals surface area contributed by atoms with Gasteiger partial charge in [-0.05, 0) is 42.5 Å². The summed E-state index contributed by atoms with van der Waals surface area (Å²) in [7, 11) is 3.43. The highest BCUT2D eigenvalue weighted by atomic mass is 16.5. The van der Waals surface area contributed by atoms with Crippen LogP contribution in [0.15, 0.2) is 36.8 Å². The summed E-state index contributed by atoms with van der Waals surface area (Å²) in [5.41, 5.74) is 1.72. The van der Waals surface area contributed by atoms with Crippen molar-refractivity contribution in [2.45, 2.75) is 12.8 Å². The summed E-state index contributed by atoms with van der Waals surface area (Å²) in [5, 5.41) is 7.82. The predicted molar refractivity (Wildman–Crippen MR) is 110 cm³/mol. The Morgan fingerprint density at radius 2 is 1.96 bits per heavy atom. The predicted octanol–water partition coefficient (Wildman–Crippen LogP) is 3.59. The maximum absolute atomic E-state index is 12.1. The molecule has 3 heterocycles. The molecular weight excluding hydrogens is 354 g/mol. The Hall–Kier alpha value is -3.48. The molecule has 4 rings (SSSR count). The average molecular weight is 375 g/mol. The highest BCUT2D eigenvalue weighted by Crippen LogP contribution is 2.31. The van der Waals surface area contributed by atoms with E-state index in [0.29, 0.717) is 11.6 Å². The Balaban J connectivity index is 1.68. The molecule has 0 spiro atoms. The molecule has 7 heteroatoms. The van der Waals surface area contributed by atoms with Gasteiger partial charge in [-0.25, -0.2) is 9.97 Å². The van der Waals surface area contributed by atoms with Crippen LogP contribution in [0.25, 0.3) is 22.9 Å². The smallest absolute Gasteiger partial charge is 0.228 e. The minimum atomic E-state index is 0.0364. The molecule has 142 valence electrons. The summed E-state index contributed by atoms with van der Waals surface area (Å²) in [6.45, 7) is 0. The van der Waals surface area contributed by atoms with Crippen molar-refractivity contribution in [1.82, 2.24) is 15.0 Å². The maximum Gasteiger partial charge on any atom is 0.228 e. The van der Waals surface area contributed by atoms with E-state index in [1.54, 1.807) is 25.7 Å². The first-order valence-corrected chi connectivity index (χ1v) is 9.13. The van der Waals surface area contributed by atoms with Crippen molar-refractivity contribution in [3.63, 3.8) is 0 Å². The van der Waals surface area contributed by atoms with E-state index in [0.717, 1.165) is 40.7 Å². The van der Waals surface area contributed by atoms with E-state index < -0.39 is 0 Å². The number of aromatic nitrogens is 3. The van der Waals surface area contributed by atoms with Crippen molar-refractivity contribution in [2.75, 3.05) is 24.8 Å². The fraction of sp³-hybridized carbons (Fsp3) is 0.238. The Kier molecular flexibility index (Phi) is 4.89. The molecule has 0 aliphatic heterocycles. The molecule has 28 heavy (non-hydrogen) atoms. The number of nitrogens with zero attached hydrogens (tertiary/aromatic N) is 3. The molecular formula is C21H21N5O2. The van der Waals surface area contributed by atoms with Gasteiger partial charge >= 0.3 is 0 Å². The second-order valence-electron chi connectivity index (χ2n) is 6.65. The van der Waals surface area contributed by atoms with Crippen LogP contribution in [0.4, 0.5) is 11.6 Å². The number of ether oxygens (including phenoxy) is 1. The van der Waals surface area contributed by atoms with Crippen molar-refractivity contribution in [3.05, 3.63) is 48.0 Å². The number of nitrogens with one attached hydrogen (secondary N) is 2. The molecule has 0 bridgehead atoms. The zero-order valence-corrected chi connectivity index (χ0v) is 15.8. The van der Waals surface area contributed by atoms with Crippen LogP contribution in [0.2, 0.25) is 0 Å². The van der Waals surface area contributed by atoms with Crippen LogP contribution >= 0.6 is 0 Å². The molecule has 0 aromatic carbocycles. The Bertz CT molecular complexity index is 1040. The van der Waals surface area contributed by atoms with Gasteiger partial charge in [0.25, 0.3) is 0 Å². The van der Waals surface area contributed by atoms with Gasteiger partial charge in [-0.1, -0.05) is 6.08 Å². The van der Waals surface area contributed by atoms with E-state index in [1.165, 1.54) is 0 Å². The van der Waals surface area contributed by atoms with E-state index in [-0.39, 0.29) is 11.8 Å². The zero-order chi connectivity index (χ0) is 19.5. The third kappa shape index (κ3) is 3.78. The third-order valence-corrected chi connectivity index (χ3v) is 4.67. The van der Waals surface area contributed by atoms with Crippen LogP contribution in [0, 0.1) is 5.92 Å². The van der Waals surface area contributed by atoms with Crippen LogP contribution in [-0.2, 0) is 4.79 Å². The van der Waals surface area contributed by atoms with Gasteiger partial charge < -0.3 is 15.4 Å².